The number of thiazole rings is 2. The van der Waals surface area contributed by atoms with Crippen molar-refractivity contribution in [2.75, 3.05) is 11.5 Å². The number of nitrogens with zero attached hydrogens (tertiary/aromatic N) is 2. The van der Waals surface area contributed by atoms with Crippen molar-refractivity contribution in [3.63, 3.8) is 0 Å². The normalized spacial score (nSPS) is 11.2. The molecule has 0 fully saturated rings. The van der Waals surface area contributed by atoms with Gasteiger partial charge in [0.2, 0.25) is 0 Å². The van der Waals surface area contributed by atoms with Gasteiger partial charge >= 0.3 is 0 Å². The molecule has 5 nitrogen and oxygen atoms in total. The van der Waals surface area contributed by atoms with Crippen molar-refractivity contribution in [3.8, 4) is 11.5 Å². The van der Waals surface area contributed by atoms with Crippen molar-refractivity contribution in [2.24, 2.45) is 0 Å². The summed E-state index contributed by atoms with van der Waals surface area (Å²) in [5.74, 6) is 1.51. The molecule has 21 heavy (non-hydrogen) atoms. The molecule has 2 aromatic heterocycles. The number of ether oxygens (including phenoxy) is 1. The van der Waals surface area contributed by atoms with Crippen LogP contribution in [0.4, 0.5) is 10.3 Å². The molecule has 4 aromatic rings. The average molecular weight is 314 g/mol. The van der Waals surface area contributed by atoms with Gasteiger partial charge in [0.25, 0.3) is 0 Å². The summed E-state index contributed by atoms with van der Waals surface area (Å²) in [6.07, 6.45) is 0. The highest BCUT2D eigenvalue weighted by molar-refractivity contribution is 7.22. The Labute approximate surface area is 127 Å². The molecule has 4 rings (SSSR count). The van der Waals surface area contributed by atoms with Crippen LogP contribution in [0.25, 0.3) is 20.4 Å². The Balaban J connectivity index is 1.70. The SMILES string of the molecule is Nc1nc2ccc(Oc3ccc4nc(N)sc4c3)cc2s1. The average Bonchev–Trinajstić information content (AvgIpc) is 2.98. The number of rotatable bonds is 2. The minimum absolute atomic E-state index is 0.559. The smallest absolute Gasteiger partial charge is 0.181 e. The number of benzene rings is 2. The Morgan fingerprint density at radius 3 is 1.71 bits per heavy atom. The Hall–Kier alpha value is -2.38. The Kier molecular flexibility index (Phi) is 2.69. The summed E-state index contributed by atoms with van der Waals surface area (Å²) in [6, 6.07) is 11.4. The summed E-state index contributed by atoms with van der Waals surface area (Å²) in [6.45, 7) is 0. The predicted molar refractivity (Wildman–Crippen MR) is 88.1 cm³/mol. The lowest BCUT2D eigenvalue weighted by atomic mass is 10.3. The molecule has 0 bridgehead atoms. The van der Waals surface area contributed by atoms with E-state index in [1.807, 2.05) is 36.4 Å². The second-order valence-corrected chi connectivity index (χ2v) is 6.59. The van der Waals surface area contributed by atoms with Crippen molar-refractivity contribution in [3.05, 3.63) is 36.4 Å². The van der Waals surface area contributed by atoms with Crippen LogP contribution in [0, 0.1) is 0 Å². The zero-order valence-corrected chi connectivity index (χ0v) is 12.4. The summed E-state index contributed by atoms with van der Waals surface area (Å²) in [7, 11) is 0. The number of aromatic nitrogens is 2. The highest BCUT2D eigenvalue weighted by Crippen LogP contribution is 2.32. The van der Waals surface area contributed by atoms with Gasteiger partial charge in [0.1, 0.15) is 11.5 Å². The van der Waals surface area contributed by atoms with Crippen LogP contribution < -0.4 is 16.2 Å². The Bertz CT molecular complexity index is 882. The van der Waals surface area contributed by atoms with Gasteiger partial charge < -0.3 is 16.2 Å². The van der Waals surface area contributed by atoms with E-state index in [0.717, 1.165) is 31.9 Å². The van der Waals surface area contributed by atoms with Crippen LogP contribution in [0.5, 0.6) is 11.5 Å². The number of anilines is 2. The zero-order valence-electron chi connectivity index (χ0n) is 10.7. The van der Waals surface area contributed by atoms with Gasteiger partial charge in [-0.1, -0.05) is 22.7 Å². The second kappa shape index (κ2) is 4.57. The van der Waals surface area contributed by atoms with Crippen molar-refractivity contribution in [1.82, 2.24) is 9.97 Å². The maximum atomic E-state index is 5.89. The maximum absolute atomic E-state index is 5.89. The van der Waals surface area contributed by atoms with Gasteiger partial charge in [-0.25, -0.2) is 9.97 Å². The lowest BCUT2D eigenvalue weighted by Gasteiger charge is -2.05. The Morgan fingerprint density at radius 2 is 1.24 bits per heavy atom. The molecule has 4 N–H and O–H groups in total. The topological polar surface area (TPSA) is 87.0 Å². The van der Waals surface area contributed by atoms with Crippen molar-refractivity contribution < 1.29 is 4.74 Å². The molecular formula is C14H10N4OS2. The number of nitrogen functional groups attached to an aromatic ring is 2. The van der Waals surface area contributed by atoms with Crippen LogP contribution in [-0.2, 0) is 0 Å². The minimum atomic E-state index is 0.559. The molecule has 2 aromatic carbocycles. The lowest BCUT2D eigenvalue weighted by molar-refractivity contribution is 0.484. The van der Waals surface area contributed by atoms with Crippen LogP contribution in [0.1, 0.15) is 0 Å². The summed E-state index contributed by atoms with van der Waals surface area (Å²) in [5, 5.41) is 1.12. The number of hydrogen-bond donors (Lipinski definition) is 2. The monoisotopic (exact) mass is 314 g/mol. The quantitative estimate of drug-likeness (QED) is 0.586. The molecular weight excluding hydrogens is 304 g/mol. The highest BCUT2D eigenvalue weighted by Gasteiger charge is 2.06. The van der Waals surface area contributed by atoms with Gasteiger partial charge in [-0.3, -0.25) is 0 Å². The fourth-order valence-corrected chi connectivity index (χ4v) is 3.63. The van der Waals surface area contributed by atoms with Crippen LogP contribution in [0.15, 0.2) is 36.4 Å². The van der Waals surface area contributed by atoms with E-state index in [9.17, 15) is 0 Å². The third-order valence-corrected chi connectivity index (χ3v) is 4.68. The molecule has 0 atom stereocenters. The van der Waals surface area contributed by atoms with Crippen LogP contribution >= 0.6 is 22.7 Å². The van der Waals surface area contributed by atoms with Gasteiger partial charge in [0, 0.05) is 12.1 Å². The van der Waals surface area contributed by atoms with E-state index in [2.05, 4.69) is 9.97 Å². The van der Waals surface area contributed by atoms with E-state index in [4.69, 9.17) is 16.2 Å². The molecule has 0 aliphatic heterocycles. The van der Waals surface area contributed by atoms with Gasteiger partial charge in [-0.2, -0.15) is 0 Å². The molecule has 0 unspecified atom stereocenters. The first kappa shape index (κ1) is 12.4. The van der Waals surface area contributed by atoms with Crippen molar-refractivity contribution in [2.45, 2.75) is 0 Å². The number of hydrogen-bond acceptors (Lipinski definition) is 7. The Morgan fingerprint density at radius 1 is 0.762 bits per heavy atom. The van der Waals surface area contributed by atoms with E-state index in [0.29, 0.717) is 10.3 Å². The molecule has 104 valence electrons. The van der Waals surface area contributed by atoms with E-state index in [-0.39, 0.29) is 0 Å². The maximum Gasteiger partial charge on any atom is 0.181 e. The zero-order chi connectivity index (χ0) is 14.4. The van der Waals surface area contributed by atoms with Gasteiger partial charge in [0.15, 0.2) is 10.3 Å². The molecule has 0 aliphatic carbocycles. The van der Waals surface area contributed by atoms with Crippen LogP contribution in [0.3, 0.4) is 0 Å². The summed E-state index contributed by atoms with van der Waals surface area (Å²) >= 11 is 2.89. The van der Waals surface area contributed by atoms with Crippen molar-refractivity contribution in [1.29, 1.82) is 0 Å². The molecule has 0 saturated carbocycles. The highest BCUT2D eigenvalue weighted by atomic mass is 32.1. The minimum Gasteiger partial charge on any atom is -0.457 e. The fraction of sp³-hybridized carbons (Fsp3) is 0. The molecule has 0 aliphatic rings. The van der Waals surface area contributed by atoms with Gasteiger partial charge in [-0.15, -0.1) is 0 Å². The number of fused-ring (bicyclic) bond motifs is 2. The largest absolute Gasteiger partial charge is 0.457 e. The van der Waals surface area contributed by atoms with E-state index in [1.54, 1.807) is 0 Å². The standard InChI is InChI=1S/C14H10N4OS2/c15-13-17-9-3-1-7(5-11(9)20-13)19-8-2-4-10-12(6-8)21-14(16)18-10/h1-6H,(H2,15,17)(H2,16,18). The molecule has 2 heterocycles. The van der Waals surface area contributed by atoms with E-state index in [1.165, 1.54) is 22.7 Å². The summed E-state index contributed by atoms with van der Waals surface area (Å²) in [5.41, 5.74) is 13.2. The van der Waals surface area contributed by atoms with Crippen LogP contribution in [-0.4, -0.2) is 9.97 Å². The van der Waals surface area contributed by atoms with Crippen molar-refractivity contribution >= 4 is 53.4 Å². The summed E-state index contributed by atoms with van der Waals surface area (Å²) in [4.78, 5) is 8.45. The fourth-order valence-electron chi connectivity index (χ4n) is 2.11. The molecule has 0 saturated heterocycles. The first-order valence-electron chi connectivity index (χ1n) is 6.17. The van der Waals surface area contributed by atoms with E-state index < -0.39 is 0 Å². The van der Waals surface area contributed by atoms with Crippen LogP contribution in [0.2, 0.25) is 0 Å². The molecule has 0 spiro atoms. The first-order chi connectivity index (χ1) is 10.2. The summed E-state index contributed by atoms with van der Waals surface area (Å²) < 4.78 is 7.90. The third kappa shape index (κ3) is 2.26. The molecule has 7 heteroatoms. The van der Waals surface area contributed by atoms with E-state index >= 15 is 0 Å². The van der Waals surface area contributed by atoms with Gasteiger partial charge in [0.05, 0.1) is 20.4 Å². The van der Waals surface area contributed by atoms with Gasteiger partial charge in [-0.05, 0) is 24.3 Å². The molecule has 0 radical (unpaired) electrons. The second-order valence-electron chi connectivity index (χ2n) is 4.47. The lowest BCUT2D eigenvalue weighted by Crippen LogP contribution is -1.83. The third-order valence-electron chi connectivity index (χ3n) is 2.99. The first-order valence-corrected chi connectivity index (χ1v) is 7.81. The number of nitrogens with two attached hydrogens (primary N) is 2. The predicted octanol–water partition coefficient (Wildman–Crippen LogP) is 3.86. The molecule has 0 amide bonds.